The molecule has 2 heterocycles. The number of aromatic nitrogens is 6. The maximum atomic E-state index is 13.2. The molecule has 5 rings (SSSR count). The fraction of sp³-hybridized carbons (Fsp3) is 0.138. The van der Waals surface area contributed by atoms with Gasteiger partial charge in [0, 0.05) is 22.8 Å². The lowest BCUT2D eigenvalue weighted by Crippen LogP contribution is -2.39. The Balaban J connectivity index is 1.39. The number of aromatic carboxylic acids is 1. The van der Waals surface area contributed by atoms with E-state index < -0.39 is 24.1 Å². The number of aromatic amines is 1. The van der Waals surface area contributed by atoms with Gasteiger partial charge in [-0.15, -0.1) is 5.10 Å². The molecule has 5 N–H and O–H groups in total. The number of benzene rings is 3. The summed E-state index contributed by atoms with van der Waals surface area (Å²) in [6.07, 6.45) is 1.01. The molecule has 3 amide bonds. The van der Waals surface area contributed by atoms with Crippen molar-refractivity contribution >= 4 is 47.0 Å². The van der Waals surface area contributed by atoms with Crippen LogP contribution >= 0.6 is 23.2 Å². The van der Waals surface area contributed by atoms with Gasteiger partial charge in [0.15, 0.2) is 0 Å². The second-order valence-corrected chi connectivity index (χ2v) is 10.4. The van der Waals surface area contributed by atoms with E-state index in [9.17, 15) is 19.5 Å². The molecule has 0 saturated carbocycles. The van der Waals surface area contributed by atoms with Crippen LogP contribution in [0.25, 0.3) is 16.9 Å². The van der Waals surface area contributed by atoms with Gasteiger partial charge in [-0.3, -0.25) is 5.32 Å². The second kappa shape index (κ2) is 13.9. The molecule has 45 heavy (non-hydrogen) atoms. The number of carboxylic acid groups (broad SMARTS) is 1. The Kier molecular flexibility index (Phi) is 9.55. The van der Waals surface area contributed by atoms with Crippen molar-refractivity contribution in [3.8, 4) is 16.9 Å². The Morgan fingerprint density at radius 2 is 1.87 bits per heavy atom. The summed E-state index contributed by atoms with van der Waals surface area (Å²) in [4.78, 5) is 44.0. The van der Waals surface area contributed by atoms with E-state index in [1.807, 2.05) is 0 Å². The van der Waals surface area contributed by atoms with Crippen LogP contribution in [0, 0.1) is 0 Å². The average molecular weight is 650 g/mol. The van der Waals surface area contributed by atoms with Gasteiger partial charge in [0.05, 0.1) is 24.4 Å². The first-order valence-electron chi connectivity index (χ1n) is 13.3. The molecule has 14 nitrogen and oxygen atoms in total. The largest absolute Gasteiger partial charge is 0.478 e. The fourth-order valence-corrected chi connectivity index (χ4v) is 4.91. The maximum Gasteiger partial charge on any atom is 0.411 e. The Bertz CT molecular complexity index is 1830. The number of rotatable bonds is 10. The minimum absolute atomic E-state index is 0.0823. The number of nitrogens with one attached hydrogen (secondary N) is 4. The van der Waals surface area contributed by atoms with Crippen molar-refractivity contribution in [3.05, 3.63) is 106 Å². The first kappa shape index (κ1) is 31.0. The number of H-pyrrole nitrogens is 1. The van der Waals surface area contributed by atoms with E-state index in [2.05, 4.69) is 46.2 Å². The van der Waals surface area contributed by atoms with Crippen molar-refractivity contribution in [1.29, 1.82) is 0 Å². The Morgan fingerprint density at radius 3 is 2.58 bits per heavy atom. The van der Waals surface area contributed by atoms with Crippen LogP contribution in [0.1, 0.15) is 33.4 Å². The molecule has 16 heteroatoms. The van der Waals surface area contributed by atoms with Crippen molar-refractivity contribution in [2.75, 3.05) is 12.4 Å². The molecule has 5 aromatic rings. The summed E-state index contributed by atoms with van der Waals surface area (Å²) in [6, 6.07) is 17.0. The summed E-state index contributed by atoms with van der Waals surface area (Å²) in [5, 5.41) is 29.7. The zero-order valence-corrected chi connectivity index (χ0v) is 25.0. The van der Waals surface area contributed by atoms with Crippen molar-refractivity contribution in [1.82, 2.24) is 40.8 Å². The molecule has 2 aromatic heterocycles. The van der Waals surface area contributed by atoms with Crippen LogP contribution in [0.4, 0.5) is 15.3 Å². The zero-order chi connectivity index (χ0) is 31.9. The van der Waals surface area contributed by atoms with Gasteiger partial charge >= 0.3 is 18.1 Å². The molecule has 230 valence electrons. The minimum atomic E-state index is -1.08. The van der Waals surface area contributed by atoms with Gasteiger partial charge in [0.25, 0.3) is 0 Å². The first-order valence-corrected chi connectivity index (χ1v) is 14.0. The van der Waals surface area contributed by atoms with Crippen LogP contribution < -0.4 is 16.0 Å². The number of hydrogen-bond acceptors (Lipinski definition) is 8. The van der Waals surface area contributed by atoms with Gasteiger partial charge in [-0.2, -0.15) is 0 Å². The molecule has 0 saturated heterocycles. The highest BCUT2D eigenvalue weighted by Gasteiger charge is 2.22. The van der Waals surface area contributed by atoms with E-state index in [0.29, 0.717) is 44.6 Å². The van der Waals surface area contributed by atoms with Crippen molar-refractivity contribution in [3.63, 3.8) is 0 Å². The highest BCUT2D eigenvalue weighted by Crippen LogP contribution is 2.30. The molecular weight excluding hydrogens is 625 g/mol. The number of amides is 3. The fourth-order valence-electron chi connectivity index (χ4n) is 4.46. The topological polar surface area (TPSA) is 189 Å². The molecule has 3 aromatic carbocycles. The predicted octanol–water partition coefficient (Wildman–Crippen LogP) is 5.02. The molecule has 0 radical (unpaired) electrons. The van der Waals surface area contributed by atoms with Gasteiger partial charge in [-0.25, -0.2) is 24.0 Å². The third kappa shape index (κ3) is 7.74. The number of methoxy groups -OCH3 is 1. The molecule has 0 aliphatic carbocycles. The number of ether oxygens (including phenoxy) is 1. The lowest BCUT2D eigenvalue weighted by molar-refractivity contribution is 0.0696. The summed E-state index contributed by atoms with van der Waals surface area (Å²) in [5.74, 6) is -0.743. The number of carboxylic acids is 1. The van der Waals surface area contributed by atoms with Gasteiger partial charge in [-0.05, 0) is 70.4 Å². The Morgan fingerprint density at radius 1 is 1.07 bits per heavy atom. The van der Waals surface area contributed by atoms with Crippen LogP contribution in [-0.2, 0) is 17.7 Å². The highest BCUT2D eigenvalue weighted by atomic mass is 35.5. The number of carbonyl (C=O) groups is 3. The number of anilines is 1. The second-order valence-electron chi connectivity index (χ2n) is 9.60. The standard InChI is InChI=1S/C29H25Cl2N9O5/c1-45-29(44)34-21-8-5-17(6-9-21)24-25(31)37-26(36-24)22(12-16-3-2-4-18(11-16)27(41)42)35-28(43)32-14-19-13-20(30)7-10-23(19)40-15-33-38-39-40/h2-11,13,15,22H,12,14H2,1H3,(H,34,44)(H,36,37)(H,41,42)(H2,32,35,43). The summed E-state index contributed by atoms with van der Waals surface area (Å²) in [6.45, 7) is 0.0823. The molecule has 0 aliphatic rings. The lowest BCUT2D eigenvalue weighted by atomic mass is 10.0. The van der Waals surface area contributed by atoms with Crippen LogP contribution in [-0.4, -0.2) is 60.5 Å². The quantitative estimate of drug-likeness (QED) is 0.138. The summed E-state index contributed by atoms with van der Waals surface area (Å²) >= 11 is 12.8. The lowest BCUT2D eigenvalue weighted by Gasteiger charge is -2.18. The van der Waals surface area contributed by atoms with Gasteiger partial charge in [0.2, 0.25) is 0 Å². The van der Waals surface area contributed by atoms with E-state index >= 15 is 0 Å². The number of imidazole rings is 1. The SMILES string of the molecule is COC(=O)Nc1ccc(-c2nc(C(Cc3cccc(C(=O)O)c3)NC(=O)NCc3cc(Cl)ccc3-n3cnnn3)[nH]c2Cl)cc1. The van der Waals surface area contributed by atoms with Crippen LogP contribution in [0.3, 0.4) is 0 Å². The maximum absolute atomic E-state index is 13.2. The van der Waals surface area contributed by atoms with Crippen LogP contribution in [0.5, 0.6) is 0 Å². The number of halogens is 2. The number of carbonyl (C=O) groups excluding carboxylic acids is 2. The molecule has 1 unspecified atom stereocenters. The third-order valence-electron chi connectivity index (χ3n) is 6.59. The first-order chi connectivity index (χ1) is 21.7. The third-order valence-corrected chi connectivity index (χ3v) is 7.10. The Hall–Kier alpha value is -5.47. The number of nitrogens with zero attached hydrogens (tertiary/aromatic N) is 5. The molecule has 0 aliphatic heterocycles. The van der Waals surface area contributed by atoms with Gasteiger partial charge in [-0.1, -0.05) is 47.5 Å². The summed E-state index contributed by atoms with van der Waals surface area (Å²) in [5.41, 5.74) is 3.59. The van der Waals surface area contributed by atoms with E-state index in [-0.39, 0.29) is 23.7 Å². The average Bonchev–Trinajstić information content (AvgIpc) is 3.70. The summed E-state index contributed by atoms with van der Waals surface area (Å²) < 4.78 is 6.07. The van der Waals surface area contributed by atoms with Crippen molar-refractivity contribution in [2.24, 2.45) is 0 Å². The predicted molar refractivity (Wildman–Crippen MR) is 164 cm³/mol. The van der Waals surface area contributed by atoms with Gasteiger partial charge in [0.1, 0.15) is 23.0 Å². The smallest absolute Gasteiger partial charge is 0.411 e. The van der Waals surface area contributed by atoms with Crippen molar-refractivity contribution in [2.45, 2.75) is 19.0 Å². The molecule has 1 atom stereocenters. The normalized spacial score (nSPS) is 11.4. The van der Waals surface area contributed by atoms with E-state index in [4.69, 9.17) is 23.2 Å². The molecule has 0 bridgehead atoms. The molecule has 0 spiro atoms. The van der Waals surface area contributed by atoms with E-state index in [0.717, 1.165) is 0 Å². The minimum Gasteiger partial charge on any atom is -0.478 e. The van der Waals surface area contributed by atoms with Gasteiger partial charge < -0.3 is 25.5 Å². The highest BCUT2D eigenvalue weighted by molar-refractivity contribution is 6.32. The monoisotopic (exact) mass is 649 g/mol. The molecule has 0 fully saturated rings. The number of tetrazole rings is 1. The van der Waals surface area contributed by atoms with Crippen LogP contribution in [0.2, 0.25) is 10.2 Å². The zero-order valence-electron chi connectivity index (χ0n) is 23.5. The Labute approximate surface area is 265 Å². The van der Waals surface area contributed by atoms with Crippen molar-refractivity contribution < 1.29 is 24.2 Å². The summed E-state index contributed by atoms with van der Waals surface area (Å²) in [7, 11) is 1.27. The van der Waals surface area contributed by atoms with E-state index in [1.54, 1.807) is 54.6 Å². The number of hydrogen-bond donors (Lipinski definition) is 5. The number of urea groups is 1. The molecular formula is C29H25Cl2N9O5. The van der Waals surface area contributed by atoms with E-state index in [1.165, 1.54) is 30.3 Å². The van der Waals surface area contributed by atoms with Crippen LogP contribution in [0.15, 0.2) is 73.1 Å².